The van der Waals surface area contributed by atoms with E-state index in [2.05, 4.69) is 10.3 Å². The van der Waals surface area contributed by atoms with Crippen molar-refractivity contribution in [3.63, 3.8) is 0 Å². The lowest BCUT2D eigenvalue weighted by atomic mass is 10.1. The molecule has 0 spiro atoms. The van der Waals surface area contributed by atoms with Crippen molar-refractivity contribution in [2.45, 2.75) is 19.9 Å². The Morgan fingerprint density at radius 3 is 2.56 bits per heavy atom. The number of benzene rings is 1. The minimum absolute atomic E-state index is 0.0910. The Balaban J connectivity index is 2.24. The molecule has 0 aliphatic heterocycles. The zero-order valence-corrected chi connectivity index (χ0v) is 10.2. The van der Waals surface area contributed by atoms with E-state index in [-0.39, 0.29) is 5.69 Å². The van der Waals surface area contributed by atoms with Gasteiger partial charge in [-0.25, -0.2) is 13.8 Å². The number of nitrogens with one attached hydrogen (secondary N) is 1. The summed E-state index contributed by atoms with van der Waals surface area (Å²) in [6.45, 7) is 3.33. The van der Waals surface area contributed by atoms with Crippen molar-refractivity contribution in [3.8, 4) is 5.69 Å². The van der Waals surface area contributed by atoms with Crippen LogP contribution in [0.5, 0.6) is 0 Å². The highest BCUT2D eigenvalue weighted by molar-refractivity contribution is 5.38. The summed E-state index contributed by atoms with van der Waals surface area (Å²) < 4.78 is 29.1. The van der Waals surface area contributed by atoms with E-state index in [1.54, 1.807) is 0 Å². The molecule has 18 heavy (non-hydrogen) atoms. The van der Waals surface area contributed by atoms with Crippen molar-refractivity contribution in [2.75, 3.05) is 6.54 Å². The molecule has 0 aliphatic carbocycles. The zero-order chi connectivity index (χ0) is 13.0. The second kappa shape index (κ2) is 5.73. The van der Waals surface area contributed by atoms with Crippen molar-refractivity contribution >= 4 is 0 Å². The molecule has 0 atom stereocenters. The topological polar surface area (TPSA) is 29.9 Å². The number of nitrogens with zero attached hydrogens (tertiary/aromatic N) is 2. The van der Waals surface area contributed by atoms with Gasteiger partial charge in [0.05, 0.1) is 6.33 Å². The third kappa shape index (κ3) is 2.73. The highest BCUT2D eigenvalue weighted by atomic mass is 19.1. The first-order chi connectivity index (χ1) is 8.72. The standard InChI is InChI=1S/C13H15F2N3/c1-2-3-16-8-10-6-11(14)13(12(15)7-10)18-5-4-17-9-18/h4-7,9,16H,2-3,8H2,1H3. The normalized spacial score (nSPS) is 10.8. The molecule has 0 fully saturated rings. The van der Waals surface area contributed by atoms with Crippen molar-refractivity contribution in [2.24, 2.45) is 0 Å². The number of halogens is 2. The van der Waals surface area contributed by atoms with Gasteiger partial charge in [0.2, 0.25) is 0 Å². The maximum absolute atomic E-state index is 13.9. The van der Waals surface area contributed by atoms with E-state index in [0.717, 1.165) is 13.0 Å². The van der Waals surface area contributed by atoms with Crippen molar-refractivity contribution < 1.29 is 8.78 Å². The highest BCUT2D eigenvalue weighted by Crippen LogP contribution is 2.19. The molecule has 1 heterocycles. The fourth-order valence-electron chi connectivity index (χ4n) is 1.77. The summed E-state index contributed by atoms with van der Waals surface area (Å²) in [6, 6.07) is 2.70. The molecule has 2 rings (SSSR count). The van der Waals surface area contributed by atoms with Crippen LogP contribution < -0.4 is 5.32 Å². The number of rotatable bonds is 5. The highest BCUT2D eigenvalue weighted by Gasteiger charge is 2.12. The van der Waals surface area contributed by atoms with Crippen LogP contribution in [0.25, 0.3) is 5.69 Å². The molecule has 5 heteroatoms. The van der Waals surface area contributed by atoms with Gasteiger partial charge < -0.3 is 9.88 Å². The minimum Gasteiger partial charge on any atom is -0.313 e. The molecule has 3 nitrogen and oxygen atoms in total. The first-order valence-electron chi connectivity index (χ1n) is 5.89. The quantitative estimate of drug-likeness (QED) is 0.828. The van der Waals surface area contributed by atoms with Crippen LogP contribution in [-0.4, -0.2) is 16.1 Å². The number of aromatic nitrogens is 2. The summed E-state index contributed by atoms with van der Waals surface area (Å²) in [4.78, 5) is 3.78. The van der Waals surface area contributed by atoms with Gasteiger partial charge in [0, 0.05) is 18.9 Å². The number of hydrogen-bond acceptors (Lipinski definition) is 2. The summed E-state index contributed by atoms with van der Waals surface area (Å²) in [6.07, 6.45) is 5.35. The average Bonchev–Trinajstić information content (AvgIpc) is 2.82. The van der Waals surface area contributed by atoms with Crippen LogP contribution >= 0.6 is 0 Å². The van der Waals surface area contributed by atoms with E-state index in [9.17, 15) is 8.78 Å². The SMILES string of the molecule is CCCNCc1cc(F)c(-n2ccnc2)c(F)c1. The largest absolute Gasteiger partial charge is 0.313 e. The maximum Gasteiger partial charge on any atom is 0.150 e. The monoisotopic (exact) mass is 251 g/mol. The smallest absolute Gasteiger partial charge is 0.150 e. The van der Waals surface area contributed by atoms with Crippen LogP contribution in [0.15, 0.2) is 30.9 Å². The van der Waals surface area contributed by atoms with E-state index in [1.807, 2.05) is 6.92 Å². The predicted molar refractivity (Wildman–Crippen MR) is 65.5 cm³/mol. The molecule has 0 unspecified atom stereocenters. The number of hydrogen-bond donors (Lipinski definition) is 1. The molecule has 0 saturated carbocycles. The molecule has 2 aromatic rings. The molecule has 0 radical (unpaired) electrons. The minimum atomic E-state index is -0.582. The van der Waals surface area contributed by atoms with Gasteiger partial charge in [-0.05, 0) is 30.7 Å². The second-order valence-electron chi connectivity index (χ2n) is 4.05. The van der Waals surface area contributed by atoms with Crippen LogP contribution in [-0.2, 0) is 6.54 Å². The van der Waals surface area contributed by atoms with Crippen LogP contribution in [0.4, 0.5) is 8.78 Å². The summed E-state index contributed by atoms with van der Waals surface area (Å²) in [5.74, 6) is -1.16. The van der Waals surface area contributed by atoms with Gasteiger partial charge in [-0.2, -0.15) is 0 Å². The average molecular weight is 251 g/mol. The Morgan fingerprint density at radius 1 is 1.28 bits per heavy atom. The summed E-state index contributed by atoms with van der Waals surface area (Å²) in [5.41, 5.74) is 0.508. The Kier molecular flexibility index (Phi) is 4.04. The third-order valence-corrected chi connectivity index (χ3v) is 2.60. The molecule has 96 valence electrons. The predicted octanol–water partition coefficient (Wildman–Crippen LogP) is 2.65. The first kappa shape index (κ1) is 12.7. The van der Waals surface area contributed by atoms with Gasteiger partial charge in [-0.15, -0.1) is 0 Å². The Hall–Kier alpha value is -1.75. The fourth-order valence-corrected chi connectivity index (χ4v) is 1.77. The van der Waals surface area contributed by atoms with Crippen molar-refractivity contribution in [1.82, 2.24) is 14.9 Å². The Morgan fingerprint density at radius 2 is 2.00 bits per heavy atom. The lowest BCUT2D eigenvalue weighted by Crippen LogP contribution is -2.14. The van der Waals surface area contributed by atoms with Gasteiger partial charge in [0.1, 0.15) is 5.69 Å². The van der Waals surface area contributed by atoms with Gasteiger partial charge in [0.15, 0.2) is 11.6 Å². The molecular weight excluding hydrogens is 236 g/mol. The molecule has 0 aliphatic rings. The van der Waals surface area contributed by atoms with E-state index in [1.165, 1.54) is 35.4 Å². The molecular formula is C13H15F2N3. The van der Waals surface area contributed by atoms with Crippen LogP contribution in [0, 0.1) is 11.6 Å². The fraction of sp³-hybridized carbons (Fsp3) is 0.308. The zero-order valence-electron chi connectivity index (χ0n) is 10.2. The maximum atomic E-state index is 13.9. The second-order valence-corrected chi connectivity index (χ2v) is 4.05. The van der Waals surface area contributed by atoms with Crippen LogP contribution in [0.2, 0.25) is 0 Å². The lowest BCUT2D eigenvalue weighted by molar-refractivity contribution is 0.561. The Labute approximate surface area is 104 Å². The molecule has 1 aromatic carbocycles. The first-order valence-corrected chi connectivity index (χ1v) is 5.89. The molecule has 1 aromatic heterocycles. The van der Waals surface area contributed by atoms with Crippen LogP contribution in [0.1, 0.15) is 18.9 Å². The molecule has 1 N–H and O–H groups in total. The van der Waals surface area contributed by atoms with Gasteiger partial charge in [0.25, 0.3) is 0 Å². The molecule has 0 bridgehead atoms. The van der Waals surface area contributed by atoms with Crippen LogP contribution in [0.3, 0.4) is 0 Å². The van der Waals surface area contributed by atoms with E-state index in [4.69, 9.17) is 0 Å². The lowest BCUT2D eigenvalue weighted by Gasteiger charge is -2.09. The third-order valence-electron chi connectivity index (χ3n) is 2.60. The molecule has 0 saturated heterocycles. The summed E-state index contributed by atoms with van der Waals surface area (Å²) >= 11 is 0. The van der Waals surface area contributed by atoms with Crippen molar-refractivity contribution in [1.29, 1.82) is 0 Å². The van der Waals surface area contributed by atoms with Crippen molar-refractivity contribution in [3.05, 3.63) is 48.1 Å². The summed E-state index contributed by atoms with van der Waals surface area (Å²) in [7, 11) is 0. The van der Waals surface area contributed by atoms with Gasteiger partial charge in [-0.3, -0.25) is 0 Å². The molecule has 0 amide bonds. The van der Waals surface area contributed by atoms with Gasteiger partial charge >= 0.3 is 0 Å². The van der Waals surface area contributed by atoms with E-state index < -0.39 is 11.6 Å². The van der Waals surface area contributed by atoms with E-state index >= 15 is 0 Å². The number of imidazole rings is 1. The van der Waals surface area contributed by atoms with E-state index in [0.29, 0.717) is 12.1 Å². The Bertz CT molecular complexity index is 486. The van der Waals surface area contributed by atoms with Gasteiger partial charge in [-0.1, -0.05) is 6.92 Å². The summed E-state index contributed by atoms with van der Waals surface area (Å²) in [5, 5.41) is 3.11.